The Morgan fingerprint density at radius 3 is 2.47 bits per heavy atom. The Labute approximate surface area is 185 Å². The molecule has 1 atom stereocenters. The Balaban J connectivity index is 1.51. The second-order valence-electron chi connectivity index (χ2n) is 7.64. The van der Waals surface area contributed by atoms with Gasteiger partial charge in [-0.05, 0) is 43.7 Å². The molecule has 1 unspecified atom stereocenters. The lowest BCUT2D eigenvalue weighted by molar-refractivity contribution is -0.133. The average Bonchev–Trinajstić information content (AvgIpc) is 3.26. The predicted molar refractivity (Wildman–Crippen MR) is 118 cm³/mol. The van der Waals surface area contributed by atoms with Crippen molar-refractivity contribution in [2.24, 2.45) is 0 Å². The van der Waals surface area contributed by atoms with Crippen LogP contribution in [0.1, 0.15) is 18.2 Å². The van der Waals surface area contributed by atoms with Crippen molar-refractivity contribution >= 4 is 23.7 Å². The number of aryl methyl sites for hydroxylation is 1. The lowest BCUT2D eigenvalue weighted by Gasteiger charge is -2.22. The number of nitrogens with zero attached hydrogens (tertiary/aromatic N) is 3. The highest BCUT2D eigenvalue weighted by molar-refractivity contribution is 6.10. The van der Waals surface area contributed by atoms with Gasteiger partial charge in [0.05, 0.1) is 18.5 Å². The van der Waals surface area contributed by atoms with Gasteiger partial charge in [0, 0.05) is 6.07 Å². The van der Waals surface area contributed by atoms with Gasteiger partial charge in [0.25, 0.3) is 5.91 Å². The van der Waals surface area contributed by atoms with Gasteiger partial charge in [0.1, 0.15) is 23.7 Å². The molecule has 0 spiro atoms. The van der Waals surface area contributed by atoms with Crippen LogP contribution in [0.15, 0.2) is 60.7 Å². The third kappa shape index (κ3) is 3.80. The van der Waals surface area contributed by atoms with E-state index in [1.54, 1.807) is 49.0 Å². The van der Waals surface area contributed by atoms with E-state index in [1.165, 1.54) is 0 Å². The molecule has 0 saturated carbocycles. The predicted octanol–water partition coefficient (Wildman–Crippen LogP) is 2.60. The van der Waals surface area contributed by atoms with E-state index in [9.17, 15) is 14.4 Å². The summed E-state index contributed by atoms with van der Waals surface area (Å²) in [7, 11) is 1.55. The molecule has 0 radical (unpaired) electrons. The molecule has 4 rings (SSSR count). The number of imide groups is 1. The van der Waals surface area contributed by atoms with Crippen molar-refractivity contribution in [1.29, 1.82) is 0 Å². The zero-order valence-corrected chi connectivity index (χ0v) is 18.0. The number of amides is 4. The quantitative estimate of drug-likeness (QED) is 0.582. The van der Waals surface area contributed by atoms with Crippen LogP contribution in [0.2, 0.25) is 0 Å². The highest BCUT2D eigenvalue weighted by atomic mass is 16.5. The smallest absolute Gasteiger partial charge is 0.325 e. The first kappa shape index (κ1) is 21.1. The molecule has 0 bridgehead atoms. The standard InChI is InChI=1S/C23H23N5O4/c1-15-13-19(28(26-15)17-7-5-4-6-8-17)24-20(29)14-27-21(30)23(2,25-22(27)31)16-9-11-18(32-3)12-10-16/h4-13H,14H2,1-3H3,(H,24,29)(H,25,31). The van der Waals surface area contributed by atoms with Gasteiger partial charge < -0.3 is 15.4 Å². The monoisotopic (exact) mass is 433 g/mol. The van der Waals surface area contributed by atoms with Crippen molar-refractivity contribution in [2.45, 2.75) is 19.4 Å². The summed E-state index contributed by atoms with van der Waals surface area (Å²) in [6.07, 6.45) is 0. The summed E-state index contributed by atoms with van der Waals surface area (Å²) in [6.45, 7) is 3.00. The molecule has 3 aromatic rings. The Bertz CT molecular complexity index is 1170. The largest absolute Gasteiger partial charge is 0.497 e. The minimum Gasteiger partial charge on any atom is -0.497 e. The maximum absolute atomic E-state index is 13.1. The van der Waals surface area contributed by atoms with Crippen LogP contribution in [0, 0.1) is 6.92 Å². The summed E-state index contributed by atoms with van der Waals surface area (Å²) >= 11 is 0. The number of carbonyl (C=O) groups excluding carboxylic acids is 3. The van der Waals surface area contributed by atoms with Gasteiger partial charge in [-0.1, -0.05) is 30.3 Å². The molecular formula is C23H23N5O4. The van der Waals surface area contributed by atoms with Gasteiger partial charge in [0.15, 0.2) is 0 Å². The number of anilines is 1. The van der Waals surface area contributed by atoms with E-state index in [2.05, 4.69) is 15.7 Å². The van der Waals surface area contributed by atoms with E-state index >= 15 is 0 Å². The maximum atomic E-state index is 13.1. The van der Waals surface area contributed by atoms with Crippen LogP contribution < -0.4 is 15.4 Å². The number of urea groups is 1. The first-order chi connectivity index (χ1) is 15.3. The fourth-order valence-electron chi connectivity index (χ4n) is 3.64. The average molecular weight is 433 g/mol. The van der Waals surface area contributed by atoms with Crippen molar-refractivity contribution in [3.05, 3.63) is 71.9 Å². The summed E-state index contributed by atoms with van der Waals surface area (Å²) in [5, 5.41) is 9.85. The maximum Gasteiger partial charge on any atom is 0.325 e. The number of ether oxygens (including phenoxy) is 1. The van der Waals surface area contributed by atoms with E-state index in [0.29, 0.717) is 22.8 Å². The molecule has 9 heteroatoms. The molecule has 1 saturated heterocycles. The second-order valence-corrected chi connectivity index (χ2v) is 7.64. The molecule has 1 fully saturated rings. The van der Waals surface area contributed by atoms with Crippen molar-refractivity contribution in [1.82, 2.24) is 20.0 Å². The van der Waals surface area contributed by atoms with Gasteiger partial charge in [-0.25, -0.2) is 9.48 Å². The Morgan fingerprint density at radius 2 is 1.81 bits per heavy atom. The molecule has 2 aromatic carbocycles. The van der Waals surface area contributed by atoms with Crippen LogP contribution in [0.5, 0.6) is 5.75 Å². The zero-order chi connectivity index (χ0) is 22.9. The molecule has 0 aliphatic carbocycles. The van der Waals surface area contributed by atoms with Gasteiger partial charge in [-0.2, -0.15) is 5.10 Å². The van der Waals surface area contributed by atoms with Gasteiger partial charge >= 0.3 is 6.03 Å². The number of nitrogens with one attached hydrogen (secondary N) is 2. The molecule has 4 amide bonds. The second kappa shape index (κ2) is 8.18. The lowest BCUT2D eigenvalue weighted by atomic mass is 9.92. The van der Waals surface area contributed by atoms with Crippen LogP contribution >= 0.6 is 0 Å². The highest BCUT2D eigenvalue weighted by Crippen LogP contribution is 2.30. The number of carbonyl (C=O) groups is 3. The summed E-state index contributed by atoms with van der Waals surface area (Å²) in [4.78, 5) is 39.3. The van der Waals surface area contributed by atoms with Crippen molar-refractivity contribution in [3.8, 4) is 11.4 Å². The van der Waals surface area contributed by atoms with E-state index in [0.717, 1.165) is 10.6 Å². The summed E-state index contributed by atoms with van der Waals surface area (Å²) in [5.74, 6) is 0.0690. The Morgan fingerprint density at radius 1 is 1.12 bits per heavy atom. The third-order valence-electron chi connectivity index (χ3n) is 5.34. The van der Waals surface area contributed by atoms with Crippen LogP contribution in [0.25, 0.3) is 5.69 Å². The number of hydrogen-bond acceptors (Lipinski definition) is 5. The van der Waals surface area contributed by atoms with Crippen LogP contribution in [0.4, 0.5) is 10.6 Å². The topological polar surface area (TPSA) is 106 Å². The van der Waals surface area contributed by atoms with Crippen LogP contribution in [-0.2, 0) is 15.1 Å². The van der Waals surface area contributed by atoms with E-state index < -0.39 is 29.9 Å². The molecule has 32 heavy (non-hydrogen) atoms. The number of aromatic nitrogens is 2. The zero-order valence-electron chi connectivity index (χ0n) is 18.0. The van der Waals surface area contributed by atoms with E-state index in [1.807, 2.05) is 37.3 Å². The summed E-state index contributed by atoms with van der Waals surface area (Å²) in [6, 6.07) is 17.3. The molecule has 2 heterocycles. The molecule has 1 aromatic heterocycles. The first-order valence-corrected chi connectivity index (χ1v) is 10.0. The molecule has 9 nitrogen and oxygen atoms in total. The lowest BCUT2D eigenvalue weighted by Crippen LogP contribution is -2.42. The highest BCUT2D eigenvalue weighted by Gasteiger charge is 2.49. The number of rotatable bonds is 6. The Kier molecular flexibility index (Phi) is 5.40. The van der Waals surface area contributed by atoms with Crippen LogP contribution in [0.3, 0.4) is 0 Å². The van der Waals surface area contributed by atoms with E-state index in [4.69, 9.17) is 4.74 Å². The third-order valence-corrected chi connectivity index (χ3v) is 5.34. The fourth-order valence-corrected chi connectivity index (χ4v) is 3.64. The van der Waals surface area contributed by atoms with Crippen LogP contribution in [-0.4, -0.2) is 46.2 Å². The first-order valence-electron chi connectivity index (χ1n) is 10.0. The van der Waals surface area contributed by atoms with Crippen molar-refractivity contribution < 1.29 is 19.1 Å². The number of hydrogen-bond donors (Lipinski definition) is 2. The van der Waals surface area contributed by atoms with Crippen molar-refractivity contribution in [2.75, 3.05) is 19.0 Å². The van der Waals surface area contributed by atoms with Crippen molar-refractivity contribution in [3.63, 3.8) is 0 Å². The summed E-state index contributed by atoms with van der Waals surface area (Å²) < 4.78 is 6.74. The number of methoxy groups -OCH3 is 1. The van der Waals surface area contributed by atoms with Gasteiger partial charge in [0.2, 0.25) is 5.91 Å². The summed E-state index contributed by atoms with van der Waals surface area (Å²) in [5.41, 5.74) is 0.813. The minimum atomic E-state index is -1.27. The normalized spacial score (nSPS) is 17.9. The number of para-hydroxylation sites is 1. The molecule has 2 N–H and O–H groups in total. The SMILES string of the molecule is COc1ccc(C2(C)NC(=O)N(CC(=O)Nc3cc(C)nn3-c3ccccc3)C2=O)cc1. The molecular weight excluding hydrogens is 410 g/mol. The number of benzene rings is 2. The molecule has 1 aliphatic rings. The molecule has 1 aliphatic heterocycles. The van der Waals surface area contributed by atoms with E-state index in [-0.39, 0.29) is 0 Å². The van der Waals surface area contributed by atoms with Gasteiger partial charge in [-0.3, -0.25) is 14.5 Å². The minimum absolute atomic E-state index is 0.421. The molecule has 164 valence electrons. The Hall–Kier alpha value is -4.14. The van der Waals surface area contributed by atoms with Gasteiger partial charge in [-0.15, -0.1) is 0 Å². The fraction of sp³-hybridized carbons (Fsp3) is 0.217.